The lowest BCUT2D eigenvalue weighted by molar-refractivity contribution is 0.620. The zero-order valence-corrected chi connectivity index (χ0v) is 13.2. The topological polar surface area (TPSA) is 38.9 Å². The van der Waals surface area contributed by atoms with Crippen molar-refractivity contribution in [3.05, 3.63) is 53.8 Å². The van der Waals surface area contributed by atoms with Gasteiger partial charge in [-0.1, -0.05) is 23.9 Å². The van der Waals surface area contributed by atoms with Crippen molar-refractivity contribution in [2.75, 3.05) is 0 Å². The summed E-state index contributed by atoms with van der Waals surface area (Å²) >= 11 is 3.23. The largest absolute Gasteiger partial charge is 0.328 e. The van der Waals surface area contributed by atoms with Gasteiger partial charge in [-0.25, -0.2) is 9.37 Å². The predicted molar refractivity (Wildman–Crippen MR) is 87.5 cm³/mol. The van der Waals surface area contributed by atoms with Gasteiger partial charge in [0.25, 0.3) is 0 Å². The van der Waals surface area contributed by atoms with E-state index in [2.05, 4.69) is 11.1 Å². The maximum Gasteiger partial charge on any atom is 0.155 e. The predicted octanol–water partition coefficient (Wildman–Crippen LogP) is 4.48. The number of aromatic nitrogens is 1. The highest BCUT2D eigenvalue weighted by atomic mass is 32.2. The number of thiazole rings is 1. The summed E-state index contributed by atoms with van der Waals surface area (Å²) in [5.74, 6) is -0.223. The van der Waals surface area contributed by atoms with Crippen LogP contribution in [0.5, 0.6) is 0 Å². The van der Waals surface area contributed by atoms with Gasteiger partial charge in [-0.3, -0.25) is 0 Å². The first kappa shape index (κ1) is 14.5. The van der Waals surface area contributed by atoms with Crippen LogP contribution >= 0.6 is 23.1 Å². The van der Waals surface area contributed by atoms with E-state index in [0.717, 1.165) is 25.0 Å². The monoisotopic (exact) mass is 318 g/mol. The van der Waals surface area contributed by atoms with Gasteiger partial charge in [0, 0.05) is 10.9 Å². The minimum atomic E-state index is -0.223. The van der Waals surface area contributed by atoms with Crippen LogP contribution in [-0.2, 0) is 6.42 Å². The number of fused-ring (bicyclic) bond motifs is 1. The Labute approximate surface area is 131 Å². The van der Waals surface area contributed by atoms with E-state index in [1.165, 1.54) is 6.07 Å². The van der Waals surface area contributed by atoms with Gasteiger partial charge in [0.2, 0.25) is 0 Å². The SMILES string of the molecule is CC(N)Cc1cc(F)ccc1Sc1nc2ccccc2s1. The van der Waals surface area contributed by atoms with Crippen molar-refractivity contribution in [2.24, 2.45) is 5.73 Å². The fourth-order valence-electron chi connectivity index (χ4n) is 2.14. The van der Waals surface area contributed by atoms with Crippen LogP contribution in [-0.4, -0.2) is 11.0 Å². The molecule has 3 aromatic rings. The Kier molecular flexibility index (Phi) is 4.24. The first-order valence-electron chi connectivity index (χ1n) is 6.69. The summed E-state index contributed by atoms with van der Waals surface area (Å²) in [6.45, 7) is 1.93. The van der Waals surface area contributed by atoms with Crippen molar-refractivity contribution in [1.29, 1.82) is 0 Å². The van der Waals surface area contributed by atoms with E-state index in [-0.39, 0.29) is 11.9 Å². The Morgan fingerprint density at radius 1 is 1.29 bits per heavy atom. The Balaban J connectivity index is 1.93. The van der Waals surface area contributed by atoms with Gasteiger partial charge in [-0.2, -0.15) is 0 Å². The molecule has 5 heteroatoms. The molecule has 0 saturated carbocycles. The van der Waals surface area contributed by atoms with Crippen molar-refractivity contribution in [3.8, 4) is 0 Å². The van der Waals surface area contributed by atoms with Crippen molar-refractivity contribution < 1.29 is 4.39 Å². The average molecular weight is 318 g/mol. The number of nitrogens with two attached hydrogens (primary N) is 1. The van der Waals surface area contributed by atoms with Crippen molar-refractivity contribution in [3.63, 3.8) is 0 Å². The summed E-state index contributed by atoms with van der Waals surface area (Å²) in [6, 6.07) is 12.9. The highest BCUT2D eigenvalue weighted by molar-refractivity contribution is 8.01. The Morgan fingerprint density at radius 2 is 2.10 bits per heavy atom. The molecule has 1 heterocycles. The lowest BCUT2D eigenvalue weighted by atomic mass is 10.1. The van der Waals surface area contributed by atoms with Crippen LogP contribution < -0.4 is 5.73 Å². The third kappa shape index (κ3) is 3.43. The van der Waals surface area contributed by atoms with Gasteiger partial charge in [-0.05, 0) is 49.2 Å². The number of hydrogen-bond acceptors (Lipinski definition) is 4. The second kappa shape index (κ2) is 6.13. The third-order valence-electron chi connectivity index (χ3n) is 3.04. The number of para-hydroxylation sites is 1. The number of nitrogens with zero attached hydrogens (tertiary/aromatic N) is 1. The van der Waals surface area contributed by atoms with Crippen LogP contribution in [0.3, 0.4) is 0 Å². The van der Waals surface area contributed by atoms with Gasteiger partial charge in [0.1, 0.15) is 5.82 Å². The molecule has 0 aliphatic rings. The minimum absolute atomic E-state index is 0.00140. The number of hydrogen-bond donors (Lipinski definition) is 1. The Hall–Kier alpha value is -1.43. The number of halogens is 1. The molecule has 0 saturated heterocycles. The van der Waals surface area contributed by atoms with Crippen LogP contribution in [0.2, 0.25) is 0 Å². The molecule has 0 radical (unpaired) electrons. The molecule has 1 aromatic heterocycles. The standard InChI is InChI=1S/C16H15FN2S2/c1-10(18)8-11-9-12(17)6-7-14(11)20-16-19-13-4-2-3-5-15(13)21-16/h2-7,9-10H,8,18H2,1H3. The van der Waals surface area contributed by atoms with Crippen LogP contribution in [0.4, 0.5) is 4.39 Å². The summed E-state index contributed by atoms with van der Waals surface area (Å²) in [5, 5.41) is 0. The zero-order valence-electron chi connectivity index (χ0n) is 11.5. The van der Waals surface area contributed by atoms with Crippen molar-refractivity contribution >= 4 is 33.3 Å². The van der Waals surface area contributed by atoms with Gasteiger partial charge >= 0.3 is 0 Å². The molecule has 2 N–H and O–H groups in total. The molecule has 1 atom stereocenters. The average Bonchev–Trinajstić information content (AvgIpc) is 2.83. The summed E-state index contributed by atoms with van der Waals surface area (Å²) in [4.78, 5) is 5.63. The van der Waals surface area contributed by atoms with Gasteiger partial charge in [0.15, 0.2) is 4.34 Å². The molecular weight excluding hydrogens is 303 g/mol. The van der Waals surface area contributed by atoms with E-state index in [9.17, 15) is 4.39 Å². The second-order valence-corrected chi connectivity index (χ2v) is 7.30. The summed E-state index contributed by atoms with van der Waals surface area (Å²) < 4.78 is 15.6. The minimum Gasteiger partial charge on any atom is -0.328 e. The molecule has 2 aromatic carbocycles. The first-order valence-corrected chi connectivity index (χ1v) is 8.32. The second-order valence-electron chi connectivity index (χ2n) is 4.98. The maximum absolute atomic E-state index is 13.4. The van der Waals surface area contributed by atoms with E-state index in [1.807, 2.05) is 31.2 Å². The molecular formula is C16H15FN2S2. The third-order valence-corrected chi connectivity index (χ3v) is 5.25. The summed E-state index contributed by atoms with van der Waals surface area (Å²) in [5.41, 5.74) is 7.79. The molecule has 0 aliphatic carbocycles. The molecule has 3 rings (SSSR count). The fourth-order valence-corrected chi connectivity index (χ4v) is 4.29. The smallest absolute Gasteiger partial charge is 0.155 e. The maximum atomic E-state index is 13.4. The quantitative estimate of drug-likeness (QED) is 0.771. The van der Waals surface area contributed by atoms with E-state index >= 15 is 0 Å². The number of rotatable bonds is 4. The molecule has 2 nitrogen and oxygen atoms in total. The zero-order chi connectivity index (χ0) is 14.8. The van der Waals surface area contributed by atoms with Crippen LogP contribution in [0.25, 0.3) is 10.2 Å². The molecule has 0 fully saturated rings. The molecule has 0 aliphatic heterocycles. The Bertz CT molecular complexity index is 735. The van der Waals surface area contributed by atoms with E-state index < -0.39 is 0 Å². The number of benzene rings is 2. The van der Waals surface area contributed by atoms with E-state index in [4.69, 9.17) is 5.73 Å². The van der Waals surface area contributed by atoms with Crippen LogP contribution in [0.15, 0.2) is 51.7 Å². The lowest BCUT2D eigenvalue weighted by Crippen LogP contribution is -2.18. The van der Waals surface area contributed by atoms with Gasteiger partial charge in [0.05, 0.1) is 10.2 Å². The van der Waals surface area contributed by atoms with Gasteiger partial charge in [-0.15, -0.1) is 11.3 Å². The molecule has 108 valence electrons. The van der Waals surface area contributed by atoms with E-state index in [0.29, 0.717) is 6.42 Å². The molecule has 0 bridgehead atoms. The van der Waals surface area contributed by atoms with Crippen molar-refractivity contribution in [2.45, 2.75) is 28.6 Å². The highest BCUT2D eigenvalue weighted by Crippen LogP contribution is 2.36. The van der Waals surface area contributed by atoms with Crippen molar-refractivity contribution in [1.82, 2.24) is 4.98 Å². The van der Waals surface area contributed by atoms with Crippen LogP contribution in [0.1, 0.15) is 12.5 Å². The molecule has 21 heavy (non-hydrogen) atoms. The summed E-state index contributed by atoms with van der Waals surface area (Å²) in [7, 11) is 0. The normalized spacial score (nSPS) is 12.7. The molecule has 0 amide bonds. The lowest BCUT2D eigenvalue weighted by Gasteiger charge is -2.10. The Morgan fingerprint density at radius 3 is 2.86 bits per heavy atom. The van der Waals surface area contributed by atoms with Gasteiger partial charge < -0.3 is 5.73 Å². The van der Waals surface area contributed by atoms with Crippen LogP contribution in [0, 0.1) is 5.82 Å². The molecule has 1 unspecified atom stereocenters. The molecule has 0 spiro atoms. The first-order chi connectivity index (χ1) is 10.1. The van der Waals surface area contributed by atoms with E-state index in [1.54, 1.807) is 29.2 Å². The highest BCUT2D eigenvalue weighted by Gasteiger charge is 2.11. The fraction of sp³-hybridized carbons (Fsp3) is 0.188. The summed E-state index contributed by atoms with van der Waals surface area (Å²) in [6.07, 6.45) is 0.658.